The van der Waals surface area contributed by atoms with Crippen molar-refractivity contribution in [1.82, 2.24) is 19.4 Å². The number of aromatic nitrogens is 4. The van der Waals surface area contributed by atoms with Crippen molar-refractivity contribution < 1.29 is 21.6 Å². The molecule has 0 amide bonds. The molecule has 4 rings (SSSR count). The van der Waals surface area contributed by atoms with Gasteiger partial charge in [0.25, 0.3) is 0 Å². The third-order valence-electron chi connectivity index (χ3n) is 4.23. The van der Waals surface area contributed by atoms with Gasteiger partial charge < -0.3 is 5.32 Å². The number of nitrogens with zero attached hydrogens (tertiary/aromatic N) is 4. The van der Waals surface area contributed by atoms with Crippen molar-refractivity contribution in [2.45, 2.75) is 11.1 Å². The first-order chi connectivity index (χ1) is 14.1. The summed E-state index contributed by atoms with van der Waals surface area (Å²) >= 11 is 0. The average Bonchev–Trinajstić information content (AvgIpc) is 3.08. The zero-order valence-electron chi connectivity index (χ0n) is 15.4. The number of hydrogen-bond donors (Lipinski definition) is 1. The maximum Gasteiger partial charge on any atom is 0.435 e. The fourth-order valence-electron chi connectivity index (χ4n) is 2.91. The Labute approximate surface area is 169 Å². The molecule has 1 aromatic carbocycles. The summed E-state index contributed by atoms with van der Waals surface area (Å²) in [5.74, 6) is 0.193. The molecule has 0 aliphatic heterocycles. The fourth-order valence-corrected chi connectivity index (χ4v) is 3.54. The normalized spacial score (nSPS) is 12.3. The van der Waals surface area contributed by atoms with E-state index in [1.807, 2.05) is 0 Å². The third kappa shape index (κ3) is 3.83. The average molecular weight is 433 g/mol. The Morgan fingerprint density at radius 2 is 1.73 bits per heavy atom. The number of pyridine rings is 1. The Hall–Kier alpha value is -3.47. The second kappa shape index (κ2) is 7.10. The van der Waals surface area contributed by atoms with Crippen molar-refractivity contribution in [3.05, 3.63) is 66.7 Å². The fraction of sp³-hybridized carbons (Fsp3) is 0.105. The van der Waals surface area contributed by atoms with E-state index in [0.29, 0.717) is 5.69 Å². The molecule has 1 N–H and O–H groups in total. The van der Waals surface area contributed by atoms with Crippen LogP contribution in [0.5, 0.6) is 0 Å². The van der Waals surface area contributed by atoms with Gasteiger partial charge in [-0.15, -0.1) is 0 Å². The minimum Gasteiger partial charge on any atom is -0.339 e. The lowest BCUT2D eigenvalue weighted by molar-refractivity contribution is -0.140. The summed E-state index contributed by atoms with van der Waals surface area (Å²) in [6.07, 6.45) is 0.471. The van der Waals surface area contributed by atoms with E-state index in [4.69, 9.17) is 0 Å². The first-order valence-corrected chi connectivity index (χ1v) is 10.5. The van der Waals surface area contributed by atoms with Gasteiger partial charge in [0.15, 0.2) is 15.5 Å². The molecule has 11 heteroatoms. The molecule has 0 unspecified atom stereocenters. The van der Waals surface area contributed by atoms with Gasteiger partial charge >= 0.3 is 6.18 Å². The standard InChI is InChI=1S/C19H14F3N5O2S/c1-30(28,29)13-7-5-12(6-8-13)24-15-11-23-10-14(25-15)17-18(19(20,21)22)26-16-4-2-3-9-27(16)17/h2-11H,1H3,(H,24,25). The highest BCUT2D eigenvalue weighted by molar-refractivity contribution is 7.90. The smallest absolute Gasteiger partial charge is 0.339 e. The second-order valence-corrected chi connectivity index (χ2v) is 8.46. The molecule has 7 nitrogen and oxygen atoms in total. The molecule has 0 radical (unpaired) electrons. The Morgan fingerprint density at radius 1 is 1.00 bits per heavy atom. The van der Waals surface area contributed by atoms with Crippen LogP contribution in [0.3, 0.4) is 0 Å². The molecular weight excluding hydrogens is 419 g/mol. The molecule has 0 atom stereocenters. The Bertz CT molecular complexity index is 1330. The molecule has 4 aromatic rings. The minimum absolute atomic E-state index is 0.0150. The third-order valence-corrected chi connectivity index (χ3v) is 5.36. The van der Waals surface area contributed by atoms with Crippen LogP contribution in [0.25, 0.3) is 17.0 Å². The number of benzene rings is 1. The maximum atomic E-state index is 13.6. The van der Waals surface area contributed by atoms with Crippen LogP contribution >= 0.6 is 0 Å². The summed E-state index contributed by atoms with van der Waals surface area (Å²) in [5, 5.41) is 2.91. The number of halogens is 3. The van der Waals surface area contributed by atoms with Crippen molar-refractivity contribution in [3.8, 4) is 11.4 Å². The first kappa shape index (κ1) is 19.8. The van der Waals surface area contributed by atoms with Gasteiger partial charge in [0.1, 0.15) is 22.9 Å². The lowest BCUT2D eigenvalue weighted by Gasteiger charge is -2.10. The lowest BCUT2D eigenvalue weighted by Crippen LogP contribution is -2.09. The monoisotopic (exact) mass is 433 g/mol. The topological polar surface area (TPSA) is 89.2 Å². The largest absolute Gasteiger partial charge is 0.435 e. The summed E-state index contributed by atoms with van der Waals surface area (Å²) in [7, 11) is -3.34. The molecule has 3 heterocycles. The van der Waals surface area contributed by atoms with Gasteiger partial charge in [-0.05, 0) is 36.4 Å². The van der Waals surface area contributed by atoms with Crippen LogP contribution in [-0.2, 0) is 16.0 Å². The number of rotatable bonds is 4. The zero-order chi connectivity index (χ0) is 21.5. The minimum atomic E-state index is -4.67. The van der Waals surface area contributed by atoms with E-state index in [0.717, 1.165) is 6.26 Å². The first-order valence-electron chi connectivity index (χ1n) is 8.57. The van der Waals surface area contributed by atoms with Gasteiger partial charge in [-0.2, -0.15) is 13.2 Å². The number of alkyl halides is 3. The van der Waals surface area contributed by atoms with Gasteiger partial charge in [-0.1, -0.05) is 6.07 Å². The van der Waals surface area contributed by atoms with Crippen molar-refractivity contribution in [2.24, 2.45) is 0 Å². The SMILES string of the molecule is CS(=O)(=O)c1ccc(Nc2cncc(-c3c(C(F)(F)F)nc4ccccn34)n2)cc1. The van der Waals surface area contributed by atoms with Crippen LogP contribution in [0.4, 0.5) is 24.7 Å². The van der Waals surface area contributed by atoms with Crippen LogP contribution in [-0.4, -0.2) is 34.0 Å². The predicted molar refractivity (Wildman–Crippen MR) is 104 cm³/mol. The van der Waals surface area contributed by atoms with Crippen LogP contribution in [0.15, 0.2) is 66.0 Å². The van der Waals surface area contributed by atoms with Gasteiger partial charge in [-0.3, -0.25) is 9.38 Å². The molecule has 0 aliphatic rings. The van der Waals surface area contributed by atoms with Crippen molar-refractivity contribution in [3.63, 3.8) is 0 Å². The van der Waals surface area contributed by atoms with E-state index in [1.54, 1.807) is 12.1 Å². The summed E-state index contributed by atoms with van der Waals surface area (Å²) in [6.45, 7) is 0. The number of fused-ring (bicyclic) bond motifs is 1. The van der Waals surface area contributed by atoms with Gasteiger partial charge in [0.05, 0.1) is 17.3 Å². The van der Waals surface area contributed by atoms with E-state index >= 15 is 0 Å². The molecular formula is C19H14F3N5O2S. The van der Waals surface area contributed by atoms with Crippen LogP contribution < -0.4 is 5.32 Å². The summed E-state index contributed by atoms with van der Waals surface area (Å²) in [6, 6.07) is 10.5. The molecule has 3 aromatic heterocycles. The highest BCUT2D eigenvalue weighted by atomic mass is 32.2. The molecule has 0 aliphatic carbocycles. The molecule has 0 saturated heterocycles. The maximum absolute atomic E-state index is 13.6. The van der Waals surface area contributed by atoms with Gasteiger partial charge in [0.2, 0.25) is 0 Å². The van der Waals surface area contributed by atoms with Crippen molar-refractivity contribution in [1.29, 1.82) is 0 Å². The molecule has 30 heavy (non-hydrogen) atoms. The number of sulfone groups is 1. The van der Waals surface area contributed by atoms with Gasteiger partial charge in [0, 0.05) is 18.1 Å². The number of anilines is 2. The van der Waals surface area contributed by atoms with Crippen LogP contribution in [0, 0.1) is 0 Å². The number of imidazole rings is 1. The van der Waals surface area contributed by atoms with Crippen LogP contribution in [0.1, 0.15) is 5.69 Å². The molecule has 0 bridgehead atoms. The predicted octanol–water partition coefficient (Wildman–Crippen LogP) is 3.96. The highest BCUT2D eigenvalue weighted by Gasteiger charge is 2.38. The Balaban J connectivity index is 1.74. The lowest BCUT2D eigenvalue weighted by atomic mass is 10.2. The van der Waals surface area contributed by atoms with Gasteiger partial charge in [-0.25, -0.2) is 18.4 Å². The van der Waals surface area contributed by atoms with Crippen LogP contribution in [0.2, 0.25) is 0 Å². The zero-order valence-corrected chi connectivity index (χ0v) is 16.2. The van der Waals surface area contributed by atoms with E-state index in [1.165, 1.54) is 53.3 Å². The quantitative estimate of drug-likeness (QED) is 0.524. The molecule has 0 spiro atoms. The highest BCUT2D eigenvalue weighted by Crippen LogP contribution is 2.36. The van der Waals surface area contributed by atoms with E-state index in [9.17, 15) is 21.6 Å². The number of nitrogens with one attached hydrogen (secondary N) is 1. The van der Waals surface area contributed by atoms with Crippen molar-refractivity contribution in [2.75, 3.05) is 11.6 Å². The van der Waals surface area contributed by atoms with E-state index in [2.05, 4.69) is 20.3 Å². The van der Waals surface area contributed by atoms with Crippen molar-refractivity contribution >= 4 is 27.0 Å². The molecule has 0 saturated carbocycles. The molecule has 154 valence electrons. The Kier molecular flexibility index (Phi) is 4.69. The van der Waals surface area contributed by atoms with E-state index < -0.39 is 21.7 Å². The summed E-state index contributed by atoms with van der Waals surface area (Å²) < 4.78 is 65.1. The molecule has 0 fully saturated rings. The Morgan fingerprint density at radius 3 is 2.40 bits per heavy atom. The second-order valence-electron chi connectivity index (χ2n) is 6.45. The summed E-state index contributed by atoms with van der Waals surface area (Å²) in [5.41, 5.74) is -0.655. The van der Waals surface area contributed by atoms with E-state index in [-0.39, 0.29) is 27.7 Å². The number of hydrogen-bond acceptors (Lipinski definition) is 6. The summed E-state index contributed by atoms with van der Waals surface area (Å²) in [4.78, 5) is 12.1.